The van der Waals surface area contributed by atoms with Crippen molar-refractivity contribution in [2.45, 2.75) is 57.2 Å². The summed E-state index contributed by atoms with van der Waals surface area (Å²) in [5, 5.41) is 15.8. The minimum atomic E-state index is -0.152. The molecule has 0 saturated heterocycles. The molecule has 2 amide bonds. The molecule has 0 aliphatic heterocycles. The number of methoxy groups -OCH3 is 1. The van der Waals surface area contributed by atoms with Gasteiger partial charge < -0.3 is 15.4 Å². The number of carbonyl (C=O) groups excluding carboxylic acids is 2. The molecule has 4 bridgehead atoms. The Bertz CT molecular complexity index is 1020. The second kappa shape index (κ2) is 8.19. The topological polar surface area (TPSA) is 103 Å². The highest BCUT2D eigenvalue weighted by Crippen LogP contribution is 2.55. The average molecular weight is 461 g/mol. The lowest BCUT2D eigenvalue weighted by Crippen LogP contribution is -2.66. The fourth-order valence-electron chi connectivity index (χ4n) is 6.55. The van der Waals surface area contributed by atoms with Gasteiger partial charge in [0, 0.05) is 25.6 Å². The van der Waals surface area contributed by atoms with Gasteiger partial charge in [-0.05, 0) is 49.9 Å². The number of ether oxygens (including phenoxy) is 1. The number of aromatic nitrogens is 4. The van der Waals surface area contributed by atoms with E-state index in [0.717, 1.165) is 32.1 Å². The van der Waals surface area contributed by atoms with Crippen LogP contribution >= 0.6 is 11.6 Å². The molecular formula is C22H29ClN6O3. The maximum absolute atomic E-state index is 13.4. The second-order valence-corrected chi connectivity index (χ2v) is 10.1. The molecule has 2 heterocycles. The Morgan fingerprint density at radius 2 is 1.97 bits per heavy atom. The number of carbonyl (C=O) groups is 2. The predicted octanol–water partition coefficient (Wildman–Crippen LogP) is 2.18. The van der Waals surface area contributed by atoms with Crippen molar-refractivity contribution in [3.8, 4) is 5.82 Å². The molecule has 0 radical (unpaired) electrons. The van der Waals surface area contributed by atoms with Gasteiger partial charge in [0.05, 0.1) is 36.8 Å². The van der Waals surface area contributed by atoms with E-state index in [1.165, 1.54) is 6.20 Å². The Kier molecular flexibility index (Phi) is 5.49. The molecule has 4 fully saturated rings. The first-order valence-electron chi connectivity index (χ1n) is 11.2. The number of rotatable bonds is 7. The standard InChI is InChI=1S/C22H29ClN6O3/c1-13(30)27-22-7-14-5-15(8-22)19(16(6-14)9-22)26-20(31)18-11-25-28(3-4-32-2)21(18)29-12-17(23)10-24-29/h10-12,14-16,19H,3-9H2,1-2H3,(H,26,31)(H,27,30). The van der Waals surface area contributed by atoms with E-state index in [-0.39, 0.29) is 23.4 Å². The van der Waals surface area contributed by atoms with E-state index in [2.05, 4.69) is 20.8 Å². The van der Waals surface area contributed by atoms with Gasteiger partial charge in [-0.2, -0.15) is 10.2 Å². The third-order valence-corrected chi connectivity index (χ3v) is 7.54. The maximum Gasteiger partial charge on any atom is 0.256 e. The lowest BCUT2D eigenvalue weighted by molar-refractivity contribution is -0.125. The minimum Gasteiger partial charge on any atom is -0.383 e. The third-order valence-electron chi connectivity index (χ3n) is 7.34. The van der Waals surface area contributed by atoms with Crippen LogP contribution in [0.2, 0.25) is 5.02 Å². The Labute approximate surface area is 191 Å². The fourth-order valence-corrected chi connectivity index (χ4v) is 6.69. The molecule has 4 saturated carbocycles. The molecule has 2 N–H and O–H groups in total. The predicted molar refractivity (Wildman–Crippen MR) is 118 cm³/mol. The summed E-state index contributed by atoms with van der Waals surface area (Å²) in [4.78, 5) is 25.3. The molecule has 172 valence electrons. The SMILES string of the molecule is COCCn1ncc(C(=O)NC2C3CC4CC2CC(NC(C)=O)(C4)C3)c1-n1cc(Cl)cn1. The molecule has 2 unspecified atom stereocenters. The van der Waals surface area contributed by atoms with Crippen molar-refractivity contribution < 1.29 is 14.3 Å². The molecule has 0 aromatic carbocycles. The van der Waals surface area contributed by atoms with Crippen LogP contribution in [0.5, 0.6) is 0 Å². The number of hydrogen-bond donors (Lipinski definition) is 2. The molecule has 4 aliphatic carbocycles. The number of hydrogen-bond acceptors (Lipinski definition) is 5. The average Bonchev–Trinajstić information content (AvgIpc) is 3.33. The zero-order chi connectivity index (χ0) is 22.5. The van der Waals surface area contributed by atoms with Gasteiger partial charge in [0.2, 0.25) is 5.91 Å². The summed E-state index contributed by atoms with van der Waals surface area (Å²) in [6.07, 6.45) is 9.93. The highest BCUT2D eigenvalue weighted by atomic mass is 35.5. The first kappa shape index (κ1) is 21.5. The van der Waals surface area contributed by atoms with Crippen LogP contribution in [0.4, 0.5) is 0 Å². The number of nitrogens with zero attached hydrogens (tertiary/aromatic N) is 4. The van der Waals surface area contributed by atoms with Crippen molar-refractivity contribution >= 4 is 23.4 Å². The molecule has 2 aromatic rings. The van der Waals surface area contributed by atoms with E-state index in [4.69, 9.17) is 16.3 Å². The van der Waals surface area contributed by atoms with Gasteiger partial charge in [0.1, 0.15) is 5.56 Å². The Hall–Kier alpha value is -2.39. The van der Waals surface area contributed by atoms with E-state index >= 15 is 0 Å². The van der Waals surface area contributed by atoms with E-state index in [9.17, 15) is 9.59 Å². The van der Waals surface area contributed by atoms with Gasteiger partial charge in [-0.1, -0.05) is 11.6 Å². The van der Waals surface area contributed by atoms with Crippen LogP contribution < -0.4 is 10.6 Å². The van der Waals surface area contributed by atoms with Gasteiger partial charge in [-0.15, -0.1) is 0 Å². The zero-order valence-electron chi connectivity index (χ0n) is 18.4. The molecule has 9 nitrogen and oxygen atoms in total. The van der Waals surface area contributed by atoms with Gasteiger partial charge in [-0.25, -0.2) is 9.36 Å². The van der Waals surface area contributed by atoms with E-state index in [1.807, 2.05) is 0 Å². The summed E-state index contributed by atoms with van der Waals surface area (Å²) < 4.78 is 8.49. The molecule has 32 heavy (non-hydrogen) atoms. The highest BCUT2D eigenvalue weighted by Gasteiger charge is 2.56. The van der Waals surface area contributed by atoms with Crippen LogP contribution in [0.1, 0.15) is 49.4 Å². The van der Waals surface area contributed by atoms with Crippen LogP contribution in [-0.2, 0) is 16.1 Å². The molecular weight excluding hydrogens is 432 g/mol. The summed E-state index contributed by atoms with van der Waals surface area (Å²) in [6, 6.07) is 0.109. The highest BCUT2D eigenvalue weighted by molar-refractivity contribution is 6.30. The Morgan fingerprint density at radius 3 is 2.59 bits per heavy atom. The minimum absolute atomic E-state index is 0.0403. The molecule has 6 rings (SSSR count). The van der Waals surface area contributed by atoms with Gasteiger partial charge >= 0.3 is 0 Å². The molecule has 0 spiro atoms. The van der Waals surface area contributed by atoms with Gasteiger partial charge in [-0.3, -0.25) is 9.59 Å². The van der Waals surface area contributed by atoms with Gasteiger partial charge in [0.15, 0.2) is 5.82 Å². The quantitative estimate of drug-likeness (QED) is 0.659. The molecule has 2 atom stereocenters. The van der Waals surface area contributed by atoms with Crippen molar-refractivity contribution in [2.24, 2.45) is 17.8 Å². The van der Waals surface area contributed by atoms with Crippen LogP contribution in [0.25, 0.3) is 5.82 Å². The van der Waals surface area contributed by atoms with Crippen molar-refractivity contribution in [3.63, 3.8) is 0 Å². The first-order valence-corrected chi connectivity index (χ1v) is 11.6. The molecule has 2 aromatic heterocycles. The molecule has 10 heteroatoms. The van der Waals surface area contributed by atoms with Crippen molar-refractivity contribution in [3.05, 3.63) is 29.2 Å². The largest absolute Gasteiger partial charge is 0.383 e. The number of halogens is 1. The first-order chi connectivity index (χ1) is 15.4. The Balaban J connectivity index is 1.38. The zero-order valence-corrected chi connectivity index (χ0v) is 19.1. The lowest BCUT2D eigenvalue weighted by Gasteiger charge is -2.60. The normalized spacial score (nSPS) is 30.5. The number of nitrogens with one attached hydrogen (secondary N) is 2. The summed E-state index contributed by atoms with van der Waals surface area (Å²) in [6.45, 7) is 2.55. The maximum atomic E-state index is 13.4. The van der Waals surface area contributed by atoms with Crippen LogP contribution in [0.3, 0.4) is 0 Å². The van der Waals surface area contributed by atoms with Crippen LogP contribution in [0.15, 0.2) is 18.6 Å². The second-order valence-electron chi connectivity index (χ2n) is 9.63. The van der Waals surface area contributed by atoms with Crippen molar-refractivity contribution in [1.82, 2.24) is 30.2 Å². The van der Waals surface area contributed by atoms with Crippen LogP contribution in [-0.4, -0.2) is 56.7 Å². The van der Waals surface area contributed by atoms with E-state index in [1.54, 1.807) is 35.8 Å². The van der Waals surface area contributed by atoms with Crippen LogP contribution in [0, 0.1) is 17.8 Å². The Morgan fingerprint density at radius 1 is 1.22 bits per heavy atom. The third kappa shape index (κ3) is 3.81. The summed E-state index contributed by atoms with van der Waals surface area (Å²) >= 11 is 6.08. The van der Waals surface area contributed by atoms with E-state index < -0.39 is 0 Å². The smallest absolute Gasteiger partial charge is 0.256 e. The number of amides is 2. The van der Waals surface area contributed by atoms with Crippen molar-refractivity contribution in [2.75, 3.05) is 13.7 Å². The monoisotopic (exact) mass is 460 g/mol. The summed E-state index contributed by atoms with van der Waals surface area (Å²) in [5.41, 5.74) is 0.372. The summed E-state index contributed by atoms with van der Waals surface area (Å²) in [7, 11) is 1.63. The molecule has 4 aliphatic rings. The van der Waals surface area contributed by atoms with Crippen molar-refractivity contribution in [1.29, 1.82) is 0 Å². The summed E-state index contributed by atoms with van der Waals surface area (Å²) in [5.74, 6) is 1.85. The lowest BCUT2D eigenvalue weighted by atomic mass is 9.51. The fraction of sp³-hybridized carbons (Fsp3) is 0.636. The van der Waals surface area contributed by atoms with Gasteiger partial charge in [0.25, 0.3) is 5.91 Å². The van der Waals surface area contributed by atoms with E-state index in [0.29, 0.717) is 47.3 Å².